The average molecular weight is 333 g/mol. The van der Waals surface area contributed by atoms with Crippen LogP contribution < -0.4 is 10.1 Å². The van der Waals surface area contributed by atoms with Gasteiger partial charge in [-0.25, -0.2) is 0 Å². The summed E-state index contributed by atoms with van der Waals surface area (Å²) in [6.45, 7) is -0.300. The third-order valence-corrected chi connectivity index (χ3v) is 2.83. The summed E-state index contributed by atoms with van der Waals surface area (Å²) in [5.41, 5.74) is 0.239. The van der Waals surface area contributed by atoms with Gasteiger partial charge in [0, 0.05) is 10.0 Å². The Morgan fingerprint density at radius 2 is 1.95 bits per heavy atom. The summed E-state index contributed by atoms with van der Waals surface area (Å²) < 4.78 is 5.85. The predicted molar refractivity (Wildman–Crippen MR) is 74.1 cm³/mol. The molecule has 0 atom stereocenters. The number of methoxy groups -OCH3 is 1. The van der Waals surface area contributed by atoms with Gasteiger partial charge in [0.1, 0.15) is 29.7 Å². The molecule has 0 saturated heterocycles. The number of benzene rings is 1. The number of hydrogen-bond donors (Lipinski definition) is 2. The van der Waals surface area contributed by atoms with Gasteiger partial charge in [-0.3, -0.25) is 0 Å². The van der Waals surface area contributed by atoms with Crippen molar-refractivity contribution in [1.29, 1.82) is 15.8 Å². The first-order valence-corrected chi connectivity index (χ1v) is 6.09. The largest absolute Gasteiger partial charge is 0.495 e. The van der Waals surface area contributed by atoms with Crippen LogP contribution in [0.1, 0.15) is 5.56 Å². The molecule has 0 aromatic heterocycles. The molecule has 0 radical (unpaired) electrons. The summed E-state index contributed by atoms with van der Waals surface area (Å²) in [5, 5.41) is 38.6. The monoisotopic (exact) mass is 332 g/mol. The number of nitrogens with one attached hydrogen (secondary N) is 1. The zero-order valence-electron chi connectivity index (χ0n) is 10.4. The number of nitriles is 3. The number of rotatable bonds is 4. The summed E-state index contributed by atoms with van der Waals surface area (Å²) in [6.07, 6.45) is 0. The zero-order valence-corrected chi connectivity index (χ0v) is 12.0. The van der Waals surface area contributed by atoms with Crippen molar-refractivity contribution in [2.24, 2.45) is 0 Å². The summed E-state index contributed by atoms with van der Waals surface area (Å²) in [6, 6.07) is 8.28. The molecule has 6 nitrogen and oxygen atoms in total. The molecule has 0 amide bonds. The van der Waals surface area contributed by atoms with Gasteiger partial charge >= 0.3 is 0 Å². The fraction of sp³-hybridized carbons (Fsp3) is 0.154. The van der Waals surface area contributed by atoms with E-state index >= 15 is 0 Å². The van der Waals surface area contributed by atoms with Crippen LogP contribution in [0.15, 0.2) is 27.9 Å². The highest BCUT2D eigenvalue weighted by Gasteiger charge is 2.14. The van der Waals surface area contributed by atoms with E-state index in [2.05, 4.69) is 21.2 Å². The number of halogens is 1. The van der Waals surface area contributed by atoms with Crippen molar-refractivity contribution in [1.82, 2.24) is 0 Å². The fourth-order valence-corrected chi connectivity index (χ4v) is 1.96. The van der Waals surface area contributed by atoms with Gasteiger partial charge in [-0.05, 0) is 12.1 Å². The summed E-state index contributed by atoms with van der Waals surface area (Å²) >= 11 is 3.27. The highest BCUT2D eigenvalue weighted by atomic mass is 79.9. The summed E-state index contributed by atoms with van der Waals surface area (Å²) in [7, 11) is 1.43. The zero-order chi connectivity index (χ0) is 15.1. The minimum Gasteiger partial charge on any atom is -0.495 e. The lowest BCUT2D eigenvalue weighted by molar-refractivity contribution is 0.281. The Hall–Kier alpha value is -2.53. The van der Waals surface area contributed by atoms with Crippen LogP contribution in [0.3, 0.4) is 0 Å². The normalized spacial score (nSPS) is 8.80. The second-order valence-corrected chi connectivity index (χ2v) is 4.43. The molecule has 20 heavy (non-hydrogen) atoms. The van der Waals surface area contributed by atoms with Gasteiger partial charge in [-0.2, -0.15) is 15.8 Å². The number of aliphatic hydroxyl groups is 1. The van der Waals surface area contributed by atoms with E-state index in [0.717, 1.165) is 0 Å². The molecule has 0 unspecified atom stereocenters. The molecule has 0 aliphatic rings. The Bertz CT molecular complexity index is 636. The van der Waals surface area contributed by atoms with Crippen molar-refractivity contribution in [3.05, 3.63) is 33.4 Å². The maximum atomic E-state index is 9.36. The van der Waals surface area contributed by atoms with Gasteiger partial charge in [-0.1, -0.05) is 15.9 Å². The molecule has 1 rings (SSSR count). The molecule has 0 saturated carbocycles. The Morgan fingerprint density at radius 3 is 2.40 bits per heavy atom. The molecule has 0 fully saturated rings. The van der Waals surface area contributed by atoms with E-state index < -0.39 is 0 Å². The van der Waals surface area contributed by atoms with Gasteiger partial charge < -0.3 is 15.2 Å². The van der Waals surface area contributed by atoms with Crippen molar-refractivity contribution in [3.63, 3.8) is 0 Å². The second kappa shape index (κ2) is 7.16. The molecule has 1 aromatic carbocycles. The van der Waals surface area contributed by atoms with Crippen LogP contribution in [0.5, 0.6) is 5.75 Å². The Morgan fingerprint density at radius 1 is 1.30 bits per heavy atom. The first kappa shape index (κ1) is 15.5. The predicted octanol–water partition coefficient (Wildman–Crippen LogP) is 2.19. The van der Waals surface area contributed by atoms with E-state index in [1.54, 1.807) is 30.3 Å². The number of ether oxygens (including phenoxy) is 1. The van der Waals surface area contributed by atoms with Gasteiger partial charge in [-0.15, -0.1) is 0 Å². The van der Waals surface area contributed by atoms with Crippen LogP contribution in [0.4, 0.5) is 5.69 Å². The Labute approximate surface area is 124 Å². The van der Waals surface area contributed by atoms with Crippen molar-refractivity contribution in [2.45, 2.75) is 6.61 Å². The van der Waals surface area contributed by atoms with Gasteiger partial charge in [0.2, 0.25) is 0 Å². The van der Waals surface area contributed by atoms with E-state index in [9.17, 15) is 5.11 Å². The van der Waals surface area contributed by atoms with Crippen molar-refractivity contribution < 1.29 is 9.84 Å². The lowest BCUT2D eigenvalue weighted by Crippen LogP contribution is -2.05. The molecule has 0 aliphatic carbocycles. The minimum atomic E-state index is -0.346. The topological polar surface area (TPSA) is 113 Å². The maximum Gasteiger partial charge on any atom is 0.163 e. The quantitative estimate of drug-likeness (QED) is 0.817. The molecule has 0 bridgehead atoms. The van der Waals surface area contributed by atoms with Gasteiger partial charge in [0.25, 0.3) is 0 Å². The molecular formula is C13H9BrN4O2. The van der Waals surface area contributed by atoms with E-state index in [4.69, 9.17) is 20.5 Å². The highest BCUT2D eigenvalue weighted by molar-refractivity contribution is 9.10. The van der Waals surface area contributed by atoms with Crippen LogP contribution in [0.2, 0.25) is 0 Å². The van der Waals surface area contributed by atoms with Crippen LogP contribution in [-0.4, -0.2) is 12.2 Å². The van der Waals surface area contributed by atoms with Crippen LogP contribution >= 0.6 is 15.9 Å². The lowest BCUT2D eigenvalue weighted by atomic mass is 10.1. The molecule has 7 heteroatoms. The van der Waals surface area contributed by atoms with Crippen LogP contribution in [0.25, 0.3) is 0 Å². The second-order valence-electron chi connectivity index (χ2n) is 3.51. The first-order chi connectivity index (χ1) is 9.60. The number of hydrogen-bond acceptors (Lipinski definition) is 6. The molecule has 1 aromatic rings. The summed E-state index contributed by atoms with van der Waals surface area (Å²) in [5.74, 6) is 0.367. The fourth-order valence-electron chi connectivity index (χ4n) is 1.47. The molecule has 0 aliphatic heterocycles. The van der Waals surface area contributed by atoms with Crippen LogP contribution in [0, 0.1) is 34.0 Å². The first-order valence-electron chi connectivity index (χ1n) is 5.30. The van der Waals surface area contributed by atoms with E-state index in [0.29, 0.717) is 21.5 Å². The molecular weight excluding hydrogens is 324 g/mol. The highest BCUT2D eigenvalue weighted by Crippen LogP contribution is 2.33. The van der Waals surface area contributed by atoms with Crippen LogP contribution in [-0.2, 0) is 6.61 Å². The van der Waals surface area contributed by atoms with E-state index in [1.165, 1.54) is 7.11 Å². The van der Waals surface area contributed by atoms with Gasteiger partial charge in [0.15, 0.2) is 5.57 Å². The average Bonchev–Trinajstić information content (AvgIpc) is 2.47. The lowest BCUT2D eigenvalue weighted by Gasteiger charge is -2.14. The molecule has 2 N–H and O–H groups in total. The van der Waals surface area contributed by atoms with Crippen molar-refractivity contribution >= 4 is 21.6 Å². The number of aliphatic hydroxyl groups excluding tert-OH is 1. The minimum absolute atomic E-state index is 0.203. The number of allylic oxidation sites excluding steroid dienone is 2. The molecule has 0 spiro atoms. The number of anilines is 1. The summed E-state index contributed by atoms with van der Waals surface area (Å²) in [4.78, 5) is 0. The Kier molecular flexibility index (Phi) is 5.56. The number of nitrogens with zero attached hydrogens (tertiary/aromatic N) is 3. The van der Waals surface area contributed by atoms with E-state index in [-0.39, 0.29) is 17.9 Å². The van der Waals surface area contributed by atoms with Gasteiger partial charge in [0.05, 0.1) is 19.4 Å². The SMILES string of the molecule is COc1cc(Br)cc(CO)c1NC(C#N)=C(C#N)C#N. The van der Waals surface area contributed by atoms with Crippen molar-refractivity contribution in [3.8, 4) is 24.0 Å². The molecule has 0 heterocycles. The smallest absolute Gasteiger partial charge is 0.163 e. The third-order valence-electron chi connectivity index (χ3n) is 2.37. The van der Waals surface area contributed by atoms with Crippen molar-refractivity contribution in [2.75, 3.05) is 12.4 Å². The standard InChI is InChI=1S/C13H9BrN4O2/c1-20-12-3-10(14)2-8(7-19)13(12)18-11(6-17)9(4-15)5-16/h2-3,18-19H,7H2,1H3. The maximum absolute atomic E-state index is 9.36. The Balaban J connectivity index is 3.42. The third kappa shape index (κ3) is 3.27. The molecule has 100 valence electrons. The van der Waals surface area contributed by atoms with E-state index in [1.807, 2.05) is 0 Å².